The molecule has 0 saturated carbocycles. The van der Waals surface area contributed by atoms with Crippen molar-refractivity contribution in [3.05, 3.63) is 23.8 Å². The summed E-state index contributed by atoms with van der Waals surface area (Å²) in [5.41, 5.74) is 6.12. The fourth-order valence-electron chi connectivity index (χ4n) is 2.18. The molecule has 1 aliphatic heterocycles. The Labute approximate surface area is 106 Å². The van der Waals surface area contributed by atoms with Crippen LogP contribution >= 0.6 is 0 Å². The lowest BCUT2D eigenvalue weighted by molar-refractivity contribution is 0.0705. The number of methoxy groups -OCH3 is 1. The van der Waals surface area contributed by atoms with E-state index >= 15 is 0 Å². The summed E-state index contributed by atoms with van der Waals surface area (Å²) in [6.07, 6.45) is 1.84. The van der Waals surface area contributed by atoms with Crippen molar-refractivity contribution < 1.29 is 14.6 Å². The molecule has 0 radical (unpaired) electrons. The molecule has 1 unspecified atom stereocenters. The van der Waals surface area contributed by atoms with Crippen molar-refractivity contribution in [3.8, 4) is 11.5 Å². The molecule has 1 aromatic rings. The third-order valence-corrected chi connectivity index (χ3v) is 3.18. The van der Waals surface area contributed by atoms with Crippen LogP contribution in [0.4, 0.5) is 0 Å². The Balaban J connectivity index is 2.22. The first-order valence-corrected chi connectivity index (χ1v) is 6.03. The van der Waals surface area contributed by atoms with E-state index in [0.717, 1.165) is 12.8 Å². The summed E-state index contributed by atoms with van der Waals surface area (Å²) in [5, 5.41) is 9.76. The number of likely N-dealkylation sites (tertiary alicyclic amines) is 1. The molecule has 1 aliphatic rings. The lowest BCUT2D eigenvalue weighted by Crippen LogP contribution is -2.45. The van der Waals surface area contributed by atoms with Crippen molar-refractivity contribution in [1.29, 1.82) is 0 Å². The number of nitrogens with zero attached hydrogens (tertiary/aromatic N) is 1. The summed E-state index contributed by atoms with van der Waals surface area (Å²) in [5.74, 6) is 0.332. The quantitative estimate of drug-likeness (QED) is 0.820. The fourth-order valence-corrected chi connectivity index (χ4v) is 2.18. The highest BCUT2D eigenvalue weighted by Gasteiger charge is 2.24. The fraction of sp³-hybridized carbons (Fsp3) is 0.462. The maximum absolute atomic E-state index is 12.3. The topological polar surface area (TPSA) is 75.8 Å². The van der Waals surface area contributed by atoms with Gasteiger partial charge < -0.3 is 20.5 Å². The van der Waals surface area contributed by atoms with E-state index in [1.165, 1.54) is 13.2 Å². The molecule has 0 bridgehead atoms. The van der Waals surface area contributed by atoms with E-state index in [9.17, 15) is 9.90 Å². The van der Waals surface area contributed by atoms with Crippen LogP contribution in [-0.2, 0) is 0 Å². The molecule has 2 rings (SSSR count). The molecule has 1 fully saturated rings. The van der Waals surface area contributed by atoms with E-state index in [4.69, 9.17) is 10.5 Å². The zero-order valence-corrected chi connectivity index (χ0v) is 10.4. The molecule has 5 heteroatoms. The standard InChI is InChI=1S/C13H18N2O3/c1-18-10-4-5-12(16)11(7-10)13(17)15-6-2-3-9(14)8-15/h4-5,7,9,16H,2-3,6,8,14H2,1H3. The first kappa shape index (κ1) is 12.7. The number of nitrogens with two attached hydrogens (primary N) is 1. The average molecular weight is 250 g/mol. The summed E-state index contributed by atoms with van der Waals surface area (Å²) in [7, 11) is 1.53. The number of rotatable bonds is 2. The summed E-state index contributed by atoms with van der Waals surface area (Å²) >= 11 is 0. The molecular formula is C13H18N2O3. The summed E-state index contributed by atoms with van der Waals surface area (Å²) in [4.78, 5) is 14.0. The van der Waals surface area contributed by atoms with Crippen LogP contribution in [0.3, 0.4) is 0 Å². The Morgan fingerprint density at radius 3 is 3.00 bits per heavy atom. The van der Waals surface area contributed by atoms with Crippen LogP contribution < -0.4 is 10.5 Å². The number of amides is 1. The number of carbonyl (C=O) groups is 1. The molecule has 3 N–H and O–H groups in total. The molecule has 1 heterocycles. The van der Waals surface area contributed by atoms with Crippen LogP contribution in [0.2, 0.25) is 0 Å². The van der Waals surface area contributed by atoms with E-state index in [-0.39, 0.29) is 23.3 Å². The second-order valence-electron chi connectivity index (χ2n) is 4.54. The van der Waals surface area contributed by atoms with Gasteiger partial charge in [0, 0.05) is 19.1 Å². The van der Waals surface area contributed by atoms with Crippen LogP contribution in [-0.4, -0.2) is 42.2 Å². The predicted octanol–water partition coefficient (Wildman–Crippen LogP) is 0.964. The number of benzene rings is 1. The van der Waals surface area contributed by atoms with Gasteiger partial charge in [-0.1, -0.05) is 0 Å². The molecule has 1 aromatic carbocycles. The summed E-state index contributed by atoms with van der Waals surface area (Å²) < 4.78 is 5.06. The number of carbonyl (C=O) groups excluding carboxylic acids is 1. The van der Waals surface area contributed by atoms with Gasteiger partial charge in [-0.2, -0.15) is 0 Å². The Morgan fingerprint density at radius 1 is 1.56 bits per heavy atom. The Kier molecular flexibility index (Phi) is 3.72. The zero-order valence-electron chi connectivity index (χ0n) is 10.4. The number of phenols is 1. The Hall–Kier alpha value is -1.75. The predicted molar refractivity (Wildman–Crippen MR) is 67.8 cm³/mol. The van der Waals surface area contributed by atoms with Crippen molar-refractivity contribution in [3.63, 3.8) is 0 Å². The van der Waals surface area contributed by atoms with Crippen LogP contribution in [0, 0.1) is 0 Å². The second-order valence-corrected chi connectivity index (χ2v) is 4.54. The SMILES string of the molecule is COc1ccc(O)c(C(=O)N2CCCC(N)C2)c1. The molecule has 1 amide bonds. The van der Waals surface area contributed by atoms with Crippen molar-refractivity contribution in [2.45, 2.75) is 18.9 Å². The highest BCUT2D eigenvalue weighted by molar-refractivity contribution is 5.97. The van der Waals surface area contributed by atoms with Gasteiger partial charge in [0.1, 0.15) is 11.5 Å². The number of piperidine rings is 1. The van der Waals surface area contributed by atoms with Gasteiger partial charge in [0.2, 0.25) is 0 Å². The number of hydrogen-bond donors (Lipinski definition) is 2. The van der Waals surface area contributed by atoms with Crippen LogP contribution in [0.25, 0.3) is 0 Å². The summed E-state index contributed by atoms with van der Waals surface area (Å²) in [6, 6.07) is 4.66. The Morgan fingerprint density at radius 2 is 2.33 bits per heavy atom. The number of aromatic hydroxyl groups is 1. The lowest BCUT2D eigenvalue weighted by atomic mass is 10.0. The van der Waals surface area contributed by atoms with Gasteiger partial charge >= 0.3 is 0 Å². The normalized spacial score (nSPS) is 19.7. The van der Waals surface area contributed by atoms with Crippen molar-refractivity contribution in [2.24, 2.45) is 5.73 Å². The molecule has 5 nitrogen and oxygen atoms in total. The third kappa shape index (κ3) is 2.56. The molecule has 98 valence electrons. The van der Waals surface area contributed by atoms with Gasteiger partial charge in [-0.05, 0) is 31.0 Å². The van der Waals surface area contributed by atoms with Crippen LogP contribution in [0.1, 0.15) is 23.2 Å². The van der Waals surface area contributed by atoms with Gasteiger partial charge in [-0.25, -0.2) is 0 Å². The maximum Gasteiger partial charge on any atom is 0.257 e. The lowest BCUT2D eigenvalue weighted by Gasteiger charge is -2.31. The molecule has 0 aliphatic carbocycles. The van der Waals surface area contributed by atoms with Gasteiger partial charge in [-0.15, -0.1) is 0 Å². The minimum atomic E-state index is -0.193. The molecule has 0 spiro atoms. The van der Waals surface area contributed by atoms with Crippen molar-refractivity contribution in [2.75, 3.05) is 20.2 Å². The number of hydrogen-bond acceptors (Lipinski definition) is 4. The van der Waals surface area contributed by atoms with Crippen molar-refractivity contribution >= 4 is 5.91 Å². The van der Waals surface area contributed by atoms with Crippen molar-refractivity contribution in [1.82, 2.24) is 4.90 Å². The van der Waals surface area contributed by atoms with Gasteiger partial charge in [0.05, 0.1) is 12.7 Å². The van der Waals surface area contributed by atoms with Gasteiger partial charge in [0.25, 0.3) is 5.91 Å². The smallest absolute Gasteiger partial charge is 0.257 e. The maximum atomic E-state index is 12.3. The third-order valence-electron chi connectivity index (χ3n) is 3.18. The number of ether oxygens (including phenoxy) is 1. The highest BCUT2D eigenvalue weighted by Crippen LogP contribution is 2.25. The highest BCUT2D eigenvalue weighted by atomic mass is 16.5. The zero-order chi connectivity index (χ0) is 13.1. The van der Waals surface area contributed by atoms with Crippen LogP contribution in [0.5, 0.6) is 11.5 Å². The Bertz CT molecular complexity index is 448. The summed E-state index contributed by atoms with van der Waals surface area (Å²) in [6.45, 7) is 1.22. The van der Waals surface area contributed by atoms with E-state index in [2.05, 4.69) is 0 Å². The molecule has 0 aromatic heterocycles. The number of phenolic OH excluding ortho intramolecular Hbond substituents is 1. The monoisotopic (exact) mass is 250 g/mol. The largest absolute Gasteiger partial charge is 0.507 e. The minimum absolute atomic E-state index is 0.0236. The first-order valence-electron chi connectivity index (χ1n) is 6.03. The van der Waals surface area contributed by atoms with Gasteiger partial charge in [-0.3, -0.25) is 4.79 Å². The van der Waals surface area contributed by atoms with E-state index < -0.39 is 0 Å². The second kappa shape index (κ2) is 5.27. The minimum Gasteiger partial charge on any atom is -0.507 e. The van der Waals surface area contributed by atoms with E-state index in [0.29, 0.717) is 18.8 Å². The molecule has 1 atom stereocenters. The molecule has 18 heavy (non-hydrogen) atoms. The van der Waals surface area contributed by atoms with Crippen LogP contribution in [0.15, 0.2) is 18.2 Å². The van der Waals surface area contributed by atoms with E-state index in [1.54, 1.807) is 17.0 Å². The average Bonchev–Trinajstić information content (AvgIpc) is 2.38. The molecular weight excluding hydrogens is 232 g/mol. The molecule has 1 saturated heterocycles. The first-order chi connectivity index (χ1) is 8.61. The van der Waals surface area contributed by atoms with E-state index in [1.807, 2.05) is 0 Å². The van der Waals surface area contributed by atoms with Gasteiger partial charge in [0.15, 0.2) is 0 Å².